The first-order valence-electron chi connectivity index (χ1n) is 6.59. The van der Waals surface area contributed by atoms with E-state index in [-0.39, 0.29) is 28.6 Å². The molecule has 7 heteroatoms. The molecule has 0 saturated heterocycles. The van der Waals surface area contributed by atoms with Crippen molar-refractivity contribution in [2.24, 2.45) is 0 Å². The zero-order valence-corrected chi connectivity index (χ0v) is 13.0. The summed E-state index contributed by atoms with van der Waals surface area (Å²) in [5, 5.41) is 11.6. The van der Waals surface area contributed by atoms with Crippen molar-refractivity contribution in [3.05, 3.63) is 58.6 Å². The molecule has 0 spiro atoms. The zero-order chi connectivity index (χ0) is 16.8. The molecule has 0 aliphatic heterocycles. The lowest BCUT2D eigenvalue weighted by Crippen LogP contribution is -2.14. The maximum absolute atomic E-state index is 11.8. The van der Waals surface area contributed by atoms with Crippen LogP contribution >= 0.6 is 11.6 Å². The predicted molar refractivity (Wildman–Crippen MR) is 85.2 cm³/mol. The maximum Gasteiger partial charge on any atom is 0.412 e. The van der Waals surface area contributed by atoms with Crippen LogP contribution in [-0.2, 0) is 11.3 Å². The van der Waals surface area contributed by atoms with Crippen molar-refractivity contribution in [1.82, 2.24) is 0 Å². The number of carboxylic acids is 1. The summed E-state index contributed by atoms with van der Waals surface area (Å²) in [6.07, 6.45) is -0.750. The Kier molecular flexibility index (Phi) is 5.43. The van der Waals surface area contributed by atoms with Gasteiger partial charge < -0.3 is 14.6 Å². The highest BCUT2D eigenvalue weighted by molar-refractivity contribution is 6.35. The molecule has 0 aromatic heterocycles. The molecular weight excluding hydrogens is 322 g/mol. The Hall–Kier alpha value is -2.73. The number of halogens is 1. The van der Waals surface area contributed by atoms with Crippen LogP contribution in [0, 0.1) is 0 Å². The second-order valence-corrected chi connectivity index (χ2v) is 4.91. The van der Waals surface area contributed by atoms with Gasteiger partial charge in [0.15, 0.2) is 0 Å². The first-order chi connectivity index (χ1) is 11.0. The van der Waals surface area contributed by atoms with E-state index in [0.717, 1.165) is 5.56 Å². The monoisotopic (exact) mass is 335 g/mol. The van der Waals surface area contributed by atoms with Gasteiger partial charge in [-0.3, -0.25) is 5.32 Å². The Morgan fingerprint density at radius 3 is 2.52 bits per heavy atom. The number of carbonyl (C=O) groups excluding carboxylic acids is 1. The first-order valence-corrected chi connectivity index (χ1v) is 6.97. The molecule has 1 amide bonds. The summed E-state index contributed by atoms with van der Waals surface area (Å²) in [4.78, 5) is 22.9. The van der Waals surface area contributed by atoms with E-state index in [4.69, 9.17) is 26.2 Å². The van der Waals surface area contributed by atoms with Crippen LogP contribution in [0.2, 0.25) is 5.02 Å². The highest BCUT2D eigenvalue weighted by atomic mass is 35.5. The number of methoxy groups -OCH3 is 1. The minimum Gasteiger partial charge on any atom is -0.495 e. The quantitative estimate of drug-likeness (QED) is 0.868. The van der Waals surface area contributed by atoms with Gasteiger partial charge >= 0.3 is 12.1 Å². The van der Waals surface area contributed by atoms with E-state index >= 15 is 0 Å². The van der Waals surface area contributed by atoms with Crippen LogP contribution < -0.4 is 10.1 Å². The van der Waals surface area contributed by atoms with E-state index in [9.17, 15) is 9.59 Å². The van der Waals surface area contributed by atoms with E-state index in [2.05, 4.69) is 5.32 Å². The largest absolute Gasteiger partial charge is 0.495 e. The van der Waals surface area contributed by atoms with Gasteiger partial charge in [-0.15, -0.1) is 0 Å². The second kappa shape index (κ2) is 7.51. The first kappa shape index (κ1) is 16.6. The molecule has 0 aliphatic rings. The van der Waals surface area contributed by atoms with Crippen molar-refractivity contribution in [2.75, 3.05) is 12.4 Å². The van der Waals surface area contributed by atoms with E-state index < -0.39 is 12.1 Å². The number of nitrogens with one attached hydrogen (secondary N) is 1. The molecule has 23 heavy (non-hydrogen) atoms. The van der Waals surface area contributed by atoms with Crippen molar-refractivity contribution in [3.8, 4) is 5.75 Å². The molecule has 0 atom stereocenters. The minimum absolute atomic E-state index is 0.0652. The molecule has 2 rings (SSSR count). The maximum atomic E-state index is 11.8. The van der Waals surface area contributed by atoms with Gasteiger partial charge in [-0.25, -0.2) is 9.59 Å². The zero-order valence-electron chi connectivity index (χ0n) is 12.2. The average Bonchev–Trinajstić information content (AvgIpc) is 2.55. The highest BCUT2D eigenvalue weighted by Gasteiger charge is 2.16. The molecule has 0 aliphatic carbocycles. The number of ether oxygens (including phenoxy) is 2. The number of anilines is 1. The molecule has 2 aromatic carbocycles. The Balaban J connectivity index is 2.10. The van der Waals surface area contributed by atoms with Crippen LogP contribution in [0.15, 0.2) is 42.5 Å². The molecule has 0 radical (unpaired) electrons. The van der Waals surface area contributed by atoms with Gasteiger partial charge in [0, 0.05) is 0 Å². The normalized spacial score (nSPS) is 10.0. The number of hydrogen-bond acceptors (Lipinski definition) is 4. The van der Waals surface area contributed by atoms with E-state index in [1.165, 1.54) is 19.2 Å². The number of benzene rings is 2. The van der Waals surface area contributed by atoms with Crippen molar-refractivity contribution in [1.29, 1.82) is 0 Å². The Labute approximate surface area is 137 Å². The number of hydrogen-bond donors (Lipinski definition) is 2. The summed E-state index contributed by atoms with van der Waals surface area (Å²) in [7, 11) is 1.35. The third-order valence-electron chi connectivity index (χ3n) is 2.96. The van der Waals surface area contributed by atoms with E-state index in [0.29, 0.717) is 0 Å². The summed E-state index contributed by atoms with van der Waals surface area (Å²) < 4.78 is 10.1. The SMILES string of the molecule is COc1cc(C(=O)O)cc(NC(=O)OCc2ccccc2)c1Cl. The molecule has 0 fully saturated rings. The third-order valence-corrected chi connectivity index (χ3v) is 3.35. The van der Waals surface area contributed by atoms with E-state index in [1.54, 1.807) is 0 Å². The summed E-state index contributed by atoms with van der Waals surface area (Å²) in [5.74, 6) is -1.02. The smallest absolute Gasteiger partial charge is 0.412 e. The van der Waals surface area contributed by atoms with Crippen LogP contribution in [0.4, 0.5) is 10.5 Å². The third kappa shape index (κ3) is 4.37. The highest BCUT2D eigenvalue weighted by Crippen LogP contribution is 2.33. The Bertz CT molecular complexity index is 718. The predicted octanol–water partition coefficient (Wildman–Crippen LogP) is 3.80. The molecule has 2 N–H and O–H groups in total. The Morgan fingerprint density at radius 2 is 1.91 bits per heavy atom. The lowest BCUT2D eigenvalue weighted by molar-refractivity contribution is 0.0696. The van der Waals surface area contributed by atoms with Gasteiger partial charge in [-0.2, -0.15) is 0 Å². The fraction of sp³-hybridized carbons (Fsp3) is 0.125. The molecule has 0 unspecified atom stereocenters. The van der Waals surface area contributed by atoms with Gasteiger partial charge in [0.25, 0.3) is 0 Å². The number of amides is 1. The van der Waals surface area contributed by atoms with Crippen molar-refractivity contribution in [2.45, 2.75) is 6.61 Å². The number of aromatic carboxylic acids is 1. The molecule has 2 aromatic rings. The summed E-state index contributed by atoms with van der Waals surface area (Å²) >= 11 is 6.06. The molecule has 6 nitrogen and oxygen atoms in total. The van der Waals surface area contributed by atoms with E-state index in [1.807, 2.05) is 30.3 Å². The summed E-state index contributed by atoms with van der Waals surface area (Å²) in [6.45, 7) is 0.0834. The molecule has 0 bridgehead atoms. The van der Waals surface area contributed by atoms with Crippen LogP contribution in [0.1, 0.15) is 15.9 Å². The second-order valence-electron chi connectivity index (χ2n) is 4.53. The number of carbonyl (C=O) groups is 2. The number of carboxylic acid groups (broad SMARTS) is 1. The fourth-order valence-electron chi connectivity index (χ4n) is 1.83. The fourth-order valence-corrected chi connectivity index (χ4v) is 2.06. The summed E-state index contributed by atoms with van der Waals surface area (Å²) in [6, 6.07) is 11.6. The van der Waals surface area contributed by atoms with Crippen molar-refractivity contribution < 1.29 is 24.2 Å². The molecule has 0 heterocycles. The van der Waals surface area contributed by atoms with Crippen LogP contribution in [0.3, 0.4) is 0 Å². The number of rotatable bonds is 5. The van der Waals surface area contributed by atoms with Gasteiger partial charge in [0.1, 0.15) is 17.4 Å². The van der Waals surface area contributed by atoms with Crippen molar-refractivity contribution in [3.63, 3.8) is 0 Å². The topological polar surface area (TPSA) is 84.9 Å². The lowest BCUT2D eigenvalue weighted by atomic mass is 10.2. The standard InChI is InChI=1S/C16H14ClNO5/c1-22-13-8-11(15(19)20)7-12(14(13)17)18-16(21)23-9-10-5-3-2-4-6-10/h2-8H,9H2,1H3,(H,18,21)(H,19,20). The van der Waals surface area contributed by atoms with Crippen LogP contribution in [0.5, 0.6) is 5.75 Å². The van der Waals surface area contributed by atoms with Crippen molar-refractivity contribution >= 4 is 29.4 Å². The average molecular weight is 336 g/mol. The van der Waals surface area contributed by atoms with Gasteiger partial charge in [-0.1, -0.05) is 41.9 Å². The van der Waals surface area contributed by atoms with Crippen LogP contribution in [-0.4, -0.2) is 24.3 Å². The Morgan fingerprint density at radius 1 is 1.22 bits per heavy atom. The van der Waals surface area contributed by atoms with Crippen LogP contribution in [0.25, 0.3) is 0 Å². The summed E-state index contributed by atoms with van der Waals surface area (Å²) in [5.41, 5.74) is 0.858. The molecule has 0 saturated carbocycles. The minimum atomic E-state index is -1.17. The van der Waals surface area contributed by atoms with Gasteiger partial charge in [0.05, 0.1) is 18.4 Å². The molecule has 120 valence electrons. The van der Waals surface area contributed by atoms with Gasteiger partial charge in [0.2, 0.25) is 0 Å². The molecular formula is C16H14ClNO5. The van der Waals surface area contributed by atoms with Gasteiger partial charge in [-0.05, 0) is 17.7 Å². The lowest BCUT2D eigenvalue weighted by Gasteiger charge is -2.12.